The monoisotopic (exact) mass is 313 g/mol. The van der Waals surface area contributed by atoms with E-state index in [0.717, 1.165) is 25.9 Å². The van der Waals surface area contributed by atoms with Gasteiger partial charge in [-0.1, -0.05) is 6.08 Å². The summed E-state index contributed by atoms with van der Waals surface area (Å²) in [5.74, 6) is -0.262. The standard InChI is InChI=1S/C16H19N5O2/c1-2-5-21-6-3-4-12(21)9-17-16(23)13-8-15-14(18-20-19-15)7-11(13)10-22/h2,7-8,10,12H,1,3-6,9H2,(H,17,23)(H,18,19,20). The summed E-state index contributed by atoms with van der Waals surface area (Å²) >= 11 is 0. The number of aldehydes is 1. The van der Waals surface area contributed by atoms with Crippen LogP contribution in [0.3, 0.4) is 0 Å². The van der Waals surface area contributed by atoms with Crippen LogP contribution < -0.4 is 5.32 Å². The van der Waals surface area contributed by atoms with Crippen LogP contribution in [0.1, 0.15) is 33.6 Å². The maximum absolute atomic E-state index is 12.4. The lowest BCUT2D eigenvalue weighted by molar-refractivity contribution is 0.0937. The Balaban J connectivity index is 1.72. The number of carbonyl (C=O) groups excluding carboxylic acids is 2. The third kappa shape index (κ3) is 3.14. The second kappa shape index (κ2) is 6.70. The molecular formula is C16H19N5O2. The van der Waals surface area contributed by atoms with Gasteiger partial charge in [0, 0.05) is 24.7 Å². The molecule has 23 heavy (non-hydrogen) atoms. The van der Waals surface area contributed by atoms with Crippen molar-refractivity contribution in [3.63, 3.8) is 0 Å². The number of rotatable bonds is 6. The van der Waals surface area contributed by atoms with Crippen LogP contribution in [0.2, 0.25) is 0 Å². The largest absolute Gasteiger partial charge is 0.350 e. The van der Waals surface area contributed by atoms with E-state index in [9.17, 15) is 9.59 Å². The minimum absolute atomic E-state index is 0.262. The number of nitrogens with zero attached hydrogens (tertiary/aromatic N) is 3. The fourth-order valence-corrected chi connectivity index (χ4v) is 3.04. The molecule has 1 aliphatic rings. The van der Waals surface area contributed by atoms with Crippen LogP contribution in [0.4, 0.5) is 0 Å². The van der Waals surface area contributed by atoms with E-state index in [0.29, 0.717) is 41.0 Å². The van der Waals surface area contributed by atoms with Gasteiger partial charge in [-0.25, -0.2) is 0 Å². The number of aromatic amines is 1. The van der Waals surface area contributed by atoms with Crippen molar-refractivity contribution in [2.24, 2.45) is 0 Å². The van der Waals surface area contributed by atoms with Gasteiger partial charge in [0.05, 0.1) is 5.56 Å². The SMILES string of the molecule is C=CCN1CCCC1CNC(=O)c1cc2n[nH]nc2cc1C=O. The Labute approximate surface area is 133 Å². The Morgan fingerprint density at radius 1 is 1.43 bits per heavy atom. The minimum atomic E-state index is -0.262. The van der Waals surface area contributed by atoms with Gasteiger partial charge in [0.15, 0.2) is 6.29 Å². The van der Waals surface area contributed by atoms with Gasteiger partial charge in [-0.15, -0.1) is 6.58 Å². The van der Waals surface area contributed by atoms with Crippen molar-refractivity contribution in [1.82, 2.24) is 25.6 Å². The molecule has 1 saturated heterocycles. The normalized spacial score (nSPS) is 18.2. The number of hydrogen-bond acceptors (Lipinski definition) is 5. The summed E-state index contributed by atoms with van der Waals surface area (Å²) in [5.41, 5.74) is 1.78. The molecule has 1 aliphatic heterocycles. The van der Waals surface area contributed by atoms with Crippen molar-refractivity contribution in [2.75, 3.05) is 19.6 Å². The van der Waals surface area contributed by atoms with Crippen LogP contribution in [-0.4, -0.2) is 58.2 Å². The molecule has 1 fully saturated rings. The van der Waals surface area contributed by atoms with Crippen LogP contribution in [0.15, 0.2) is 24.8 Å². The molecule has 0 bridgehead atoms. The van der Waals surface area contributed by atoms with E-state index in [1.165, 1.54) is 0 Å². The second-order valence-electron chi connectivity index (χ2n) is 5.66. The quantitative estimate of drug-likeness (QED) is 0.616. The lowest BCUT2D eigenvalue weighted by Crippen LogP contribution is -2.40. The van der Waals surface area contributed by atoms with Gasteiger partial charge in [0.25, 0.3) is 5.91 Å². The predicted octanol–water partition coefficient (Wildman–Crippen LogP) is 1.15. The number of nitrogens with one attached hydrogen (secondary N) is 2. The first-order valence-electron chi connectivity index (χ1n) is 7.65. The molecular weight excluding hydrogens is 294 g/mol. The van der Waals surface area contributed by atoms with Crippen LogP contribution in [-0.2, 0) is 0 Å². The van der Waals surface area contributed by atoms with E-state index in [1.54, 1.807) is 12.1 Å². The average Bonchev–Trinajstić information content (AvgIpc) is 3.20. The number of aromatic nitrogens is 3. The number of amides is 1. The highest BCUT2D eigenvalue weighted by Crippen LogP contribution is 2.18. The van der Waals surface area contributed by atoms with E-state index in [4.69, 9.17) is 0 Å². The molecule has 0 spiro atoms. The fraction of sp³-hybridized carbons (Fsp3) is 0.375. The molecule has 1 aromatic heterocycles. The van der Waals surface area contributed by atoms with Gasteiger partial charge < -0.3 is 5.32 Å². The van der Waals surface area contributed by atoms with Crippen LogP contribution in [0, 0.1) is 0 Å². The molecule has 0 saturated carbocycles. The molecule has 2 aromatic rings. The molecule has 120 valence electrons. The molecule has 0 radical (unpaired) electrons. The second-order valence-corrected chi connectivity index (χ2v) is 5.66. The zero-order chi connectivity index (χ0) is 16.2. The van der Waals surface area contributed by atoms with Crippen molar-refractivity contribution in [3.05, 3.63) is 35.9 Å². The predicted molar refractivity (Wildman–Crippen MR) is 86.4 cm³/mol. The van der Waals surface area contributed by atoms with Gasteiger partial charge in [-0.3, -0.25) is 14.5 Å². The number of carbonyl (C=O) groups is 2. The van der Waals surface area contributed by atoms with Crippen molar-refractivity contribution >= 4 is 23.2 Å². The van der Waals surface area contributed by atoms with E-state index in [1.807, 2.05) is 6.08 Å². The van der Waals surface area contributed by atoms with Crippen molar-refractivity contribution in [3.8, 4) is 0 Å². The van der Waals surface area contributed by atoms with Crippen molar-refractivity contribution < 1.29 is 9.59 Å². The van der Waals surface area contributed by atoms with Crippen LogP contribution in [0.5, 0.6) is 0 Å². The molecule has 1 aromatic carbocycles. The first-order chi connectivity index (χ1) is 11.2. The topological polar surface area (TPSA) is 91.0 Å². The van der Waals surface area contributed by atoms with Gasteiger partial charge in [-0.2, -0.15) is 15.4 Å². The Kier molecular flexibility index (Phi) is 4.47. The van der Waals surface area contributed by atoms with Crippen LogP contribution in [0.25, 0.3) is 11.0 Å². The molecule has 2 heterocycles. The van der Waals surface area contributed by atoms with Gasteiger partial charge in [0.2, 0.25) is 0 Å². The summed E-state index contributed by atoms with van der Waals surface area (Å²) in [7, 11) is 0. The molecule has 1 unspecified atom stereocenters. The molecule has 0 aliphatic carbocycles. The highest BCUT2D eigenvalue weighted by Gasteiger charge is 2.24. The number of H-pyrrole nitrogens is 1. The Morgan fingerprint density at radius 2 is 2.22 bits per heavy atom. The average molecular weight is 313 g/mol. The van der Waals surface area contributed by atoms with Crippen LogP contribution >= 0.6 is 0 Å². The lowest BCUT2D eigenvalue weighted by Gasteiger charge is -2.23. The minimum Gasteiger partial charge on any atom is -0.350 e. The van der Waals surface area contributed by atoms with Gasteiger partial charge in [0.1, 0.15) is 11.0 Å². The lowest BCUT2D eigenvalue weighted by atomic mass is 10.1. The summed E-state index contributed by atoms with van der Waals surface area (Å²) in [6, 6.07) is 3.47. The summed E-state index contributed by atoms with van der Waals surface area (Å²) in [6.07, 6.45) is 4.72. The summed E-state index contributed by atoms with van der Waals surface area (Å²) < 4.78 is 0. The third-order valence-electron chi connectivity index (χ3n) is 4.22. The number of fused-ring (bicyclic) bond motifs is 1. The van der Waals surface area contributed by atoms with Gasteiger partial charge >= 0.3 is 0 Å². The molecule has 3 rings (SSSR count). The van der Waals surface area contributed by atoms with Crippen molar-refractivity contribution in [1.29, 1.82) is 0 Å². The molecule has 7 nitrogen and oxygen atoms in total. The molecule has 7 heteroatoms. The van der Waals surface area contributed by atoms with Crippen molar-refractivity contribution in [2.45, 2.75) is 18.9 Å². The first-order valence-corrected chi connectivity index (χ1v) is 7.65. The molecule has 1 atom stereocenters. The maximum Gasteiger partial charge on any atom is 0.252 e. The zero-order valence-corrected chi connectivity index (χ0v) is 12.8. The summed E-state index contributed by atoms with van der Waals surface area (Å²) in [4.78, 5) is 26.0. The van der Waals surface area contributed by atoms with E-state index < -0.39 is 0 Å². The maximum atomic E-state index is 12.4. The summed E-state index contributed by atoms with van der Waals surface area (Å²) in [5, 5.41) is 13.3. The Morgan fingerprint density at radius 3 is 2.96 bits per heavy atom. The number of hydrogen-bond donors (Lipinski definition) is 2. The first kappa shape index (κ1) is 15.4. The number of benzene rings is 1. The highest BCUT2D eigenvalue weighted by atomic mass is 16.1. The van der Waals surface area contributed by atoms with Gasteiger partial charge in [-0.05, 0) is 31.5 Å². The van der Waals surface area contributed by atoms with E-state index >= 15 is 0 Å². The number of likely N-dealkylation sites (tertiary alicyclic amines) is 1. The Hall–Kier alpha value is -2.54. The fourth-order valence-electron chi connectivity index (χ4n) is 3.04. The van der Waals surface area contributed by atoms with E-state index in [-0.39, 0.29) is 5.91 Å². The Bertz CT molecular complexity index is 739. The molecule has 2 N–H and O–H groups in total. The zero-order valence-electron chi connectivity index (χ0n) is 12.8. The highest BCUT2D eigenvalue weighted by molar-refractivity contribution is 6.04. The third-order valence-corrected chi connectivity index (χ3v) is 4.22. The van der Waals surface area contributed by atoms with E-state index in [2.05, 4.69) is 32.2 Å². The molecule has 1 amide bonds. The smallest absolute Gasteiger partial charge is 0.252 e. The summed E-state index contributed by atoms with van der Waals surface area (Å²) in [6.45, 7) is 6.17.